The molecule has 4 rings (SSSR count). The van der Waals surface area contributed by atoms with Gasteiger partial charge in [-0.05, 0) is 66.3 Å². The predicted molar refractivity (Wildman–Crippen MR) is 137 cm³/mol. The monoisotopic (exact) mass is 508 g/mol. The van der Waals surface area contributed by atoms with Gasteiger partial charge in [-0.3, -0.25) is 24.3 Å². The molecule has 11 heteroatoms. The van der Waals surface area contributed by atoms with Crippen LogP contribution in [0.25, 0.3) is 0 Å². The second kappa shape index (κ2) is 11.2. The average Bonchev–Trinajstić information content (AvgIpc) is 3.29. The van der Waals surface area contributed by atoms with Gasteiger partial charge >= 0.3 is 0 Å². The first-order valence-corrected chi connectivity index (χ1v) is 12.4. The van der Waals surface area contributed by atoms with E-state index in [4.69, 9.17) is 16.2 Å². The van der Waals surface area contributed by atoms with E-state index in [1.165, 1.54) is 4.90 Å². The second-order valence-corrected chi connectivity index (χ2v) is 9.31. The van der Waals surface area contributed by atoms with E-state index in [9.17, 15) is 14.4 Å². The number of amides is 3. The molecule has 188 valence electrons. The molecule has 0 radical (unpaired) electrons. The molecule has 2 aromatic heterocycles. The zero-order chi connectivity index (χ0) is 25.7. The molecule has 1 aromatic carbocycles. The SMILES string of the molecule is COc1ccc(N(C(=O)c2snc(C(N)=O)c2N)C(C(=O)NC2CCCCC2)c2ccncc2)cc1. The molecule has 1 unspecified atom stereocenters. The Hall–Kier alpha value is -3.99. The normalized spacial score (nSPS) is 14.6. The average molecular weight is 509 g/mol. The summed E-state index contributed by atoms with van der Waals surface area (Å²) in [5.41, 5.74) is 12.2. The Morgan fingerprint density at radius 3 is 2.33 bits per heavy atom. The number of benzene rings is 1. The molecule has 10 nitrogen and oxygen atoms in total. The minimum Gasteiger partial charge on any atom is -0.497 e. The number of hydrogen-bond donors (Lipinski definition) is 3. The number of carbonyl (C=O) groups excluding carboxylic acids is 3. The fourth-order valence-electron chi connectivity index (χ4n) is 4.36. The fraction of sp³-hybridized carbons (Fsp3) is 0.320. The predicted octanol–water partition coefficient (Wildman–Crippen LogP) is 3.06. The van der Waals surface area contributed by atoms with E-state index in [0.717, 1.165) is 43.6 Å². The van der Waals surface area contributed by atoms with Crippen LogP contribution in [-0.2, 0) is 4.79 Å². The molecule has 1 fully saturated rings. The molecule has 0 spiro atoms. The van der Waals surface area contributed by atoms with Gasteiger partial charge in [0.15, 0.2) is 5.69 Å². The van der Waals surface area contributed by atoms with Gasteiger partial charge in [0.05, 0.1) is 12.8 Å². The van der Waals surface area contributed by atoms with E-state index in [2.05, 4.69) is 14.7 Å². The molecular weight excluding hydrogens is 480 g/mol. The Labute approximate surface area is 212 Å². The van der Waals surface area contributed by atoms with Gasteiger partial charge in [-0.1, -0.05) is 19.3 Å². The van der Waals surface area contributed by atoms with Crippen molar-refractivity contribution in [3.63, 3.8) is 0 Å². The second-order valence-electron chi connectivity index (χ2n) is 8.54. The Kier molecular flexibility index (Phi) is 7.79. The van der Waals surface area contributed by atoms with Crippen molar-refractivity contribution in [1.82, 2.24) is 14.7 Å². The first-order chi connectivity index (χ1) is 17.4. The van der Waals surface area contributed by atoms with E-state index >= 15 is 0 Å². The molecule has 1 aliphatic carbocycles. The number of pyridine rings is 1. The third kappa shape index (κ3) is 5.30. The van der Waals surface area contributed by atoms with Crippen LogP contribution in [0, 0.1) is 0 Å². The van der Waals surface area contributed by atoms with E-state index in [1.54, 1.807) is 55.9 Å². The highest BCUT2D eigenvalue weighted by Crippen LogP contribution is 2.34. The quantitative estimate of drug-likeness (QED) is 0.422. The Bertz CT molecular complexity index is 1230. The molecule has 3 amide bonds. The van der Waals surface area contributed by atoms with Crippen LogP contribution in [0.3, 0.4) is 0 Å². The molecule has 1 aliphatic rings. The standard InChI is InChI=1S/C25H28N6O4S/c1-35-18-9-7-17(8-10-18)31(25(34)22-19(26)20(23(27)32)30-36-22)21(15-11-13-28-14-12-15)24(33)29-16-5-3-2-4-6-16/h7-14,16,21H,2-6,26H2,1H3,(H2,27,32)(H,29,33). The lowest BCUT2D eigenvalue weighted by atomic mass is 9.94. The molecule has 3 aromatic rings. The number of nitrogens with one attached hydrogen (secondary N) is 1. The van der Waals surface area contributed by atoms with E-state index in [1.807, 2.05) is 0 Å². The van der Waals surface area contributed by atoms with Crippen LogP contribution in [0.2, 0.25) is 0 Å². The summed E-state index contributed by atoms with van der Waals surface area (Å²) in [5.74, 6) is -1.15. The van der Waals surface area contributed by atoms with Crippen molar-refractivity contribution in [1.29, 1.82) is 0 Å². The molecule has 1 saturated carbocycles. The third-order valence-corrected chi connectivity index (χ3v) is 7.06. The van der Waals surface area contributed by atoms with E-state index in [0.29, 0.717) is 17.0 Å². The summed E-state index contributed by atoms with van der Waals surface area (Å²) in [6, 6.07) is 9.15. The van der Waals surface area contributed by atoms with Gasteiger partial charge < -0.3 is 21.5 Å². The lowest BCUT2D eigenvalue weighted by Crippen LogP contribution is -2.47. The number of rotatable bonds is 8. The van der Waals surface area contributed by atoms with E-state index < -0.39 is 17.9 Å². The number of anilines is 2. The maximum Gasteiger partial charge on any atom is 0.273 e. The molecule has 0 saturated heterocycles. The number of ether oxygens (including phenoxy) is 1. The van der Waals surface area contributed by atoms with Crippen molar-refractivity contribution in [3.05, 3.63) is 64.9 Å². The number of aromatic nitrogens is 2. The molecule has 1 atom stereocenters. The maximum atomic E-state index is 14.0. The van der Waals surface area contributed by atoms with Gasteiger partial charge in [0.1, 0.15) is 16.7 Å². The number of nitrogens with zero attached hydrogens (tertiary/aromatic N) is 3. The number of nitrogens with two attached hydrogens (primary N) is 2. The Balaban J connectivity index is 1.81. The number of methoxy groups -OCH3 is 1. The fourth-order valence-corrected chi connectivity index (χ4v) is 5.10. The Morgan fingerprint density at radius 1 is 1.08 bits per heavy atom. The van der Waals surface area contributed by atoms with Crippen molar-refractivity contribution in [2.24, 2.45) is 5.73 Å². The highest BCUT2D eigenvalue weighted by Gasteiger charge is 2.36. The van der Waals surface area contributed by atoms with Crippen LogP contribution >= 0.6 is 11.5 Å². The Morgan fingerprint density at radius 2 is 1.75 bits per heavy atom. The molecule has 2 heterocycles. The van der Waals surface area contributed by atoms with Gasteiger partial charge in [-0.15, -0.1) is 0 Å². The van der Waals surface area contributed by atoms with Crippen LogP contribution in [0.1, 0.15) is 63.9 Å². The number of hydrogen-bond acceptors (Lipinski definition) is 8. The molecule has 36 heavy (non-hydrogen) atoms. The first-order valence-electron chi connectivity index (χ1n) is 11.6. The summed E-state index contributed by atoms with van der Waals surface area (Å²) >= 11 is 0.767. The summed E-state index contributed by atoms with van der Waals surface area (Å²) in [7, 11) is 1.54. The van der Waals surface area contributed by atoms with Crippen LogP contribution in [0.4, 0.5) is 11.4 Å². The van der Waals surface area contributed by atoms with Crippen molar-refractivity contribution in [3.8, 4) is 5.75 Å². The molecule has 5 N–H and O–H groups in total. The molecule has 0 aliphatic heterocycles. The molecular formula is C25H28N6O4S. The lowest BCUT2D eigenvalue weighted by Gasteiger charge is -2.33. The van der Waals surface area contributed by atoms with Crippen LogP contribution in [-0.4, -0.2) is 40.2 Å². The summed E-state index contributed by atoms with van der Waals surface area (Å²) in [5, 5.41) is 3.14. The minimum atomic E-state index is -1.03. The van der Waals surface area contributed by atoms with Gasteiger partial charge in [-0.25, -0.2) is 0 Å². The number of carbonyl (C=O) groups is 3. The zero-order valence-electron chi connectivity index (χ0n) is 19.8. The van der Waals surface area contributed by atoms with Gasteiger partial charge in [0.25, 0.3) is 11.8 Å². The summed E-state index contributed by atoms with van der Waals surface area (Å²) in [6.07, 6.45) is 8.13. The third-order valence-electron chi connectivity index (χ3n) is 6.20. The smallest absolute Gasteiger partial charge is 0.273 e. The van der Waals surface area contributed by atoms with Gasteiger partial charge in [0, 0.05) is 24.1 Å². The van der Waals surface area contributed by atoms with Crippen molar-refractivity contribution < 1.29 is 19.1 Å². The lowest BCUT2D eigenvalue weighted by molar-refractivity contribution is -0.123. The molecule has 0 bridgehead atoms. The largest absolute Gasteiger partial charge is 0.497 e. The van der Waals surface area contributed by atoms with Crippen LogP contribution < -0.4 is 26.4 Å². The topological polar surface area (TPSA) is 154 Å². The highest BCUT2D eigenvalue weighted by atomic mass is 32.1. The zero-order valence-corrected chi connectivity index (χ0v) is 20.7. The van der Waals surface area contributed by atoms with Crippen molar-refractivity contribution in [2.75, 3.05) is 17.7 Å². The maximum absolute atomic E-state index is 14.0. The minimum absolute atomic E-state index is 0.0177. The summed E-state index contributed by atoms with van der Waals surface area (Å²) < 4.78 is 9.24. The summed E-state index contributed by atoms with van der Waals surface area (Å²) in [6.45, 7) is 0. The highest BCUT2D eigenvalue weighted by molar-refractivity contribution is 7.09. The van der Waals surface area contributed by atoms with Gasteiger partial charge in [0.2, 0.25) is 5.91 Å². The van der Waals surface area contributed by atoms with Gasteiger partial charge in [-0.2, -0.15) is 4.37 Å². The van der Waals surface area contributed by atoms with Crippen molar-refractivity contribution >= 4 is 40.6 Å². The first kappa shape index (κ1) is 25.1. The van der Waals surface area contributed by atoms with Crippen LogP contribution in [0.15, 0.2) is 48.8 Å². The number of primary amides is 1. The van der Waals surface area contributed by atoms with E-state index in [-0.39, 0.29) is 28.2 Å². The van der Waals surface area contributed by atoms with Crippen molar-refractivity contribution in [2.45, 2.75) is 44.2 Å². The van der Waals surface area contributed by atoms with Crippen LogP contribution in [0.5, 0.6) is 5.75 Å². The summed E-state index contributed by atoms with van der Waals surface area (Å²) in [4.78, 5) is 45.0. The number of nitrogen functional groups attached to an aromatic ring is 1.